The van der Waals surface area contributed by atoms with Crippen LogP contribution < -0.4 is 10.6 Å². The first kappa shape index (κ1) is 12.5. The first-order chi connectivity index (χ1) is 9.22. The number of nitrogens with one attached hydrogen (secondary N) is 3. The molecular formula is C15H19N3S. The van der Waals surface area contributed by atoms with E-state index in [1.165, 1.54) is 34.9 Å². The van der Waals surface area contributed by atoms with E-state index in [1.807, 2.05) is 0 Å². The molecule has 2 aromatic rings. The summed E-state index contributed by atoms with van der Waals surface area (Å²) in [6.45, 7) is 3.00. The molecule has 0 aliphatic heterocycles. The maximum absolute atomic E-state index is 5.25. The number of aryl methyl sites for hydroxylation is 1. The molecule has 0 spiro atoms. The highest BCUT2D eigenvalue weighted by molar-refractivity contribution is 7.80. The van der Waals surface area contributed by atoms with Gasteiger partial charge in [0.15, 0.2) is 5.11 Å². The Labute approximate surface area is 118 Å². The fourth-order valence-corrected chi connectivity index (χ4v) is 2.54. The van der Waals surface area contributed by atoms with Crippen LogP contribution in [-0.2, 0) is 6.42 Å². The summed E-state index contributed by atoms with van der Waals surface area (Å²) in [7, 11) is 0. The Hall–Kier alpha value is -1.55. The molecule has 1 aromatic carbocycles. The van der Waals surface area contributed by atoms with Crippen molar-refractivity contribution in [1.29, 1.82) is 0 Å². The number of rotatable bonds is 4. The van der Waals surface area contributed by atoms with E-state index in [2.05, 4.69) is 46.9 Å². The number of H-pyrrole nitrogens is 1. The number of aromatic nitrogens is 1. The van der Waals surface area contributed by atoms with Gasteiger partial charge in [0.25, 0.3) is 0 Å². The summed E-state index contributed by atoms with van der Waals surface area (Å²) < 4.78 is 0. The summed E-state index contributed by atoms with van der Waals surface area (Å²) in [4.78, 5) is 3.32. The van der Waals surface area contributed by atoms with Crippen LogP contribution in [0.5, 0.6) is 0 Å². The minimum atomic E-state index is 0.621. The summed E-state index contributed by atoms with van der Waals surface area (Å²) >= 11 is 5.25. The maximum atomic E-state index is 5.25. The van der Waals surface area contributed by atoms with Crippen LogP contribution in [-0.4, -0.2) is 22.7 Å². The molecule has 3 N–H and O–H groups in total. The molecule has 1 heterocycles. The molecule has 1 saturated carbocycles. The van der Waals surface area contributed by atoms with Gasteiger partial charge in [-0.1, -0.05) is 11.6 Å². The summed E-state index contributed by atoms with van der Waals surface area (Å²) in [6, 6.07) is 7.13. The lowest BCUT2D eigenvalue weighted by Gasteiger charge is -2.09. The Balaban J connectivity index is 1.58. The van der Waals surface area contributed by atoms with Crippen molar-refractivity contribution in [2.24, 2.45) is 0 Å². The van der Waals surface area contributed by atoms with E-state index in [4.69, 9.17) is 12.2 Å². The molecule has 0 radical (unpaired) electrons. The van der Waals surface area contributed by atoms with Gasteiger partial charge in [0.2, 0.25) is 0 Å². The number of aromatic amines is 1. The molecule has 1 aromatic heterocycles. The third-order valence-corrected chi connectivity index (χ3v) is 3.78. The van der Waals surface area contributed by atoms with E-state index in [1.54, 1.807) is 0 Å². The second kappa shape index (κ2) is 5.21. The molecule has 0 bridgehead atoms. The van der Waals surface area contributed by atoms with Gasteiger partial charge in [-0.25, -0.2) is 0 Å². The third-order valence-electron chi connectivity index (χ3n) is 3.52. The molecule has 1 aliphatic carbocycles. The standard InChI is InChI=1S/C15H19N3S/c1-10-2-5-14-13(8-10)11(9-17-14)6-7-16-15(19)18-12-3-4-12/h2,5,8-9,12,17H,3-4,6-7H2,1H3,(H2,16,18,19). The Bertz CT molecular complexity index is 598. The highest BCUT2D eigenvalue weighted by Crippen LogP contribution is 2.20. The second-order valence-electron chi connectivity index (χ2n) is 5.29. The average Bonchev–Trinajstić information content (AvgIpc) is 3.10. The summed E-state index contributed by atoms with van der Waals surface area (Å²) in [5.74, 6) is 0. The van der Waals surface area contributed by atoms with E-state index in [9.17, 15) is 0 Å². The maximum Gasteiger partial charge on any atom is 0.166 e. The molecule has 3 rings (SSSR count). The van der Waals surface area contributed by atoms with Crippen LogP contribution in [0.15, 0.2) is 24.4 Å². The molecule has 100 valence electrons. The minimum absolute atomic E-state index is 0.621. The number of hydrogen-bond donors (Lipinski definition) is 3. The molecule has 4 heteroatoms. The van der Waals surface area contributed by atoms with Crippen LogP contribution in [0, 0.1) is 6.92 Å². The molecule has 3 nitrogen and oxygen atoms in total. The van der Waals surface area contributed by atoms with Crippen LogP contribution in [0.25, 0.3) is 10.9 Å². The van der Waals surface area contributed by atoms with Crippen LogP contribution in [0.4, 0.5) is 0 Å². The topological polar surface area (TPSA) is 39.9 Å². The first-order valence-corrected chi connectivity index (χ1v) is 7.24. The van der Waals surface area contributed by atoms with Gasteiger partial charge in [0, 0.05) is 29.7 Å². The Morgan fingerprint density at radius 2 is 2.26 bits per heavy atom. The molecule has 1 fully saturated rings. The summed E-state index contributed by atoms with van der Waals surface area (Å²) in [5, 5.41) is 8.68. The molecular weight excluding hydrogens is 254 g/mol. The predicted molar refractivity (Wildman–Crippen MR) is 83.5 cm³/mol. The highest BCUT2D eigenvalue weighted by Gasteiger charge is 2.21. The van der Waals surface area contributed by atoms with Crippen LogP contribution >= 0.6 is 12.2 Å². The minimum Gasteiger partial charge on any atom is -0.362 e. The number of thiocarbonyl (C=S) groups is 1. The van der Waals surface area contributed by atoms with Crippen LogP contribution in [0.3, 0.4) is 0 Å². The van der Waals surface area contributed by atoms with E-state index < -0.39 is 0 Å². The summed E-state index contributed by atoms with van der Waals surface area (Å²) in [6.07, 6.45) is 5.59. The van der Waals surface area contributed by atoms with Crippen molar-refractivity contribution < 1.29 is 0 Å². The quantitative estimate of drug-likeness (QED) is 0.750. The zero-order valence-electron chi connectivity index (χ0n) is 11.1. The molecule has 0 unspecified atom stereocenters. The SMILES string of the molecule is Cc1ccc2[nH]cc(CCNC(=S)NC3CC3)c2c1. The van der Waals surface area contributed by atoms with Crippen LogP contribution in [0.2, 0.25) is 0 Å². The Morgan fingerprint density at radius 1 is 1.42 bits per heavy atom. The number of hydrogen-bond acceptors (Lipinski definition) is 1. The largest absolute Gasteiger partial charge is 0.362 e. The van der Waals surface area contributed by atoms with Crippen molar-refractivity contribution >= 4 is 28.2 Å². The van der Waals surface area contributed by atoms with Crippen molar-refractivity contribution in [3.05, 3.63) is 35.5 Å². The second-order valence-corrected chi connectivity index (χ2v) is 5.70. The zero-order chi connectivity index (χ0) is 13.2. The van der Waals surface area contributed by atoms with Crippen molar-refractivity contribution in [3.63, 3.8) is 0 Å². The average molecular weight is 273 g/mol. The molecule has 0 atom stereocenters. The fourth-order valence-electron chi connectivity index (χ4n) is 2.27. The normalized spacial score (nSPS) is 14.6. The monoisotopic (exact) mass is 273 g/mol. The molecule has 0 amide bonds. The van der Waals surface area contributed by atoms with Gasteiger partial charge in [-0.3, -0.25) is 0 Å². The number of benzene rings is 1. The third kappa shape index (κ3) is 3.07. The predicted octanol–water partition coefficient (Wildman–Crippen LogP) is 2.65. The lowest BCUT2D eigenvalue weighted by Crippen LogP contribution is -2.37. The van der Waals surface area contributed by atoms with Gasteiger partial charge in [-0.2, -0.15) is 0 Å². The van der Waals surface area contributed by atoms with Gasteiger partial charge in [-0.15, -0.1) is 0 Å². The first-order valence-electron chi connectivity index (χ1n) is 6.83. The van der Waals surface area contributed by atoms with Crippen molar-refractivity contribution in [2.75, 3.05) is 6.54 Å². The lowest BCUT2D eigenvalue weighted by molar-refractivity contribution is 0.814. The van der Waals surface area contributed by atoms with Gasteiger partial charge in [0.05, 0.1) is 0 Å². The van der Waals surface area contributed by atoms with Gasteiger partial charge in [0.1, 0.15) is 0 Å². The van der Waals surface area contributed by atoms with Crippen LogP contribution in [0.1, 0.15) is 24.0 Å². The van der Waals surface area contributed by atoms with E-state index >= 15 is 0 Å². The lowest BCUT2D eigenvalue weighted by atomic mass is 10.1. The molecule has 19 heavy (non-hydrogen) atoms. The van der Waals surface area contributed by atoms with Gasteiger partial charge < -0.3 is 15.6 Å². The van der Waals surface area contributed by atoms with Gasteiger partial charge in [-0.05, 0) is 56.1 Å². The van der Waals surface area contributed by atoms with E-state index in [0.717, 1.165) is 18.1 Å². The van der Waals surface area contributed by atoms with Crippen molar-refractivity contribution in [2.45, 2.75) is 32.2 Å². The van der Waals surface area contributed by atoms with Crippen molar-refractivity contribution in [1.82, 2.24) is 15.6 Å². The van der Waals surface area contributed by atoms with E-state index in [0.29, 0.717) is 6.04 Å². The molecule has 0 saturated heterocycles. The highest BCUT2D eigenvalue weighted by atomic mass is 32.1. The Kier molecular flexibility index (Phi) is 3.42. The van der Waals surface area contributed by atoms with E-state index in [-0.39, 0.29) is 0 Å². The summed E-state index contributed by atoms with van der Waals surface area (Å²) in [5.41, 5.74) is 3.85. The number of fused-ring (bicyclic) bond motifs is 1. The van der Waals surface area contributed by atoms with Gasteiger partial charge >= 0.3 is 0 Å². The Morgan fingerprint density at radius 3 is 3.05 bits per heavy atom. The smallest absolute Gasteiger partial charge is 0.166 e. The van der Waals surface area contributed by atoms with Crippen molar-refractivity contribution in [3.8, 4) is 0 Å². The fraction of sp³-hybridized carbons (Fsp3) is 0.400. The molecule has 1 aliphatic rings. The zero-order valence-corrected chi connectivity index (χ0v) is 11.9.